The minimum absolute atomic E-state index is 0.0215. The fraction of sp³-hybridized carbons (Fsp3) is 0.529. The van der Waals surface area contributed by atoms with E-state index in [0.717, 1.165) is 16.7 Å². The second-order valence-corrected chi connectivity index (χ2v) is 6.87. The van der Waals surface area contributed by atoms with Gasteiger partial charge in [0.1, 0.15) is 11.5 Å². The number of benzene rings is 1. The zero-order chi connectivity index (χ0) is 16.8. The lowest BCUT2D eigenvalue weighted by atomic mass is 9.79. The van der Waals surface area contributed by atoms with Gasteiger partial charge in [0.2, 0.25) is 5.91 Å². The van der Waals surface area contributed by atoms with E-state index < -0.39 is 11.5 Å². The van der Waals surface area contributed by atoms with E-state index in [2.05, 4.69) is 5.32 Å². The van der Waals surface area contributed by atoms with Gasteiger partial charge >= 0.3 is 0 Å². The van der Waals surface area contributed by atoms with Crippen LogP contribution < -0.4 is 5.32 Å². The summed E-state index contributed by atoms with van der Waals surface area (Å²) < 4.78 is 0. The Labute approximate surface area is 140 Å². The van der Waals surface area contributed by atoms with Gasteiger partial charge in [-0.2, -0.15) is 5.06 Å². The van der Waals surface area contributed by atoms with Crippen LogP contribution in [0.3, 0.4) is 0 Å². The maximum atomic E-state index is 13.1. The van der Waals surface area contributed by atoms with Gasteiger partial charge in [-0.15, -0.1) is 0 Å². The lowest BCUT2D eigenvalue weighted by Crippen LogP contribution is -2.54. The van der Waals surface area contributed by atoms with Crippen LogP contribution in [0.25, 0.3) is 0 Å². The second kappa shape index (κ2) is 5.89. The average Bonchev–Trinajstić information content (AvgIpc) is 2.72. The third-order valence-electron chi connectivity index (χ3n) is 5.04. The molecule has 1 unspecified atom stereocenters. The van der Waals surface area contributed by atoms with Crippen LogP contribution in [0, 0.1) is 13.8 Å². The minimum atomic E-state index is -0.755. The van der Waals surface area contributed by atoms with Gasteiger partial charge in [0.15, 0.2) is 5.78 Å². The number of Topliss-reactive ketones (excluding diaryl/α,β-unsaturated/α-hetero) is 1. The third kappa shape index (κ3) is 2.67. The molecule has 0 saturated carbocycles. The van der Waals surface area contributed by atoms with Crippen molar-refractivity contribution in [3.8, 4) is 0 Å². The van der Waals surface area contributed by atoms with Crippen LogP contribution in [0.2, 0.25) is 5.02 Å². The first-order valence-electron chi connectivity index (χ1n) is 7.80. The topological polar surface area (TPSA) is 58.6 Å². The molecule has 1 aromatic carbocycles. The van der Waals surface area contributed by atoms with Crippen LogP contribution in [0.4, 0.5) is 0 Å². The Morgan fingerprint density at radius 2 is 1.78 bits per heavy atom. The zero-order valence-corrected chi connectivity index (χ0v) is 14.4. The number of carbonyl (C=O) groups excluding carboxylic acids is 2. The molecule has 3 rings (SSSR count). The van der Waals surface area contributed by atoms with E-state index in [1.165, 1.54) is 0 Å². The van der Waals surface area contributed by atoms with E-state index in [9.17, 15) is 9.59 Å². The van der Waals surface area contributed by atoms with E-state index in [1.54, 1.807) is 7.11 Å². The molecule has 2 aliphatic rings. The number of rotatable bonds is 2. The number of ketones is 1. The number of piperidine rings is 1. The highest BCUT2D eigenvalue weighted by atomic mass is 35.5. The molecule has 5 nitrogen and oxygen atoms in total. The maximum absolute atomic E-state index is 13.1. The van der Waals surface area contributed by atoms with Crippen LogP contribution in [0.1, 0.15) is 35.4 Å². The number of hydrogen-bond donors (Lipinski definition) is 1. The number of carbonyl (C=O) groups is 2. The Kier molecular flexibility index (Phi) is 4.21. The van der Waals surface area contributed by atoms with Crippen molar-refractivity contribution in [1.29, 1.82) is 0 Å². The van der Waals surface area contributed by atoms with Crippen LogP contribution >= 0.6 is 11.6 Å². The summed E-state index contributed by atoms with van der Waals surface area (Å²) in [5.41, 5.74) is 1.81. The molecule has 2 aliphatic heterocycles. The molecule has 1 N–H and O–H groups in total. The van der Waals surface area contributed by atoms with Crippen molar-refractivity contribution in [3.63, 3.8) is 0 Å². The number of aryl methyl sites for hydroxylation is 2. The van der Waals surface area contributed by atoms with E-state index in [-0.39, 0.29) is 11.7 Å². The van der Waals surface area contributed by atoms with Gasteiger partial charge in [0.05, 0.1) is 7.11 Å². The molecular weight excluding hydrogens is 316 g/mol. The normalized spacial score (nSPS) is 24.3. The summed E-state index contributed by atoms with van der Waals surface area (Å²) in [5, 5.41) is 5.42. The molecular formula is C17H21ClN2O3. The quantitative estimate of drug-likeness (QED) is 0.841. The molecule has 1 atom stereocenters. The predicted octanol–water partition coefficient (Wildman–Crippen LogP) is 2.14. The number of halogens is 1. The largest absolute Gasteiger partial charge is 0.343 e. The fourth-order valence-electron chi connectivity index (χ4n) is 3.83. The van der Waals surface area contributed by atoms with Gasteiger partial charge < -0.3 is 10.2 Å². The summed E-state index contributed by atoms with van der Waals surface area (Å²) in [6.07, 6.45) is 1.15. The fourth-order valence-corrected chi connectivity index (χ4v) is 4.15. The highest BCUT2D eigenvalue weighted by Crippen LogP contribution is 2.39. The van der Waals surface area contributed by atoms with Crippen molar-refractivity contribution in [2.45, 2.75) is 38.1 Å². The first-order chi connectivity index (χ1) is 10.9. The molecule has 0 aliphatic carbocycles. The predicted molar refractivity (Wildman–Crippen MR) is 87.4 cm³/mol. The maximum Gasteiger partial charge on any atom is 0.235 e. The third-order valence-corrected chi connectivity index (χ3v) is 5.26. The molecule has 2 heterocycles. The monoisotopic (exact) mass is 336 g/mol. The van der Waals surface area contributed by atoms with Crippen LogP contribution in [-0.2, 0) is 14.4 Å². The Balaban J connectivity index is 1.94. The molecule has 0 radical (unpaired) electrons. The summed E-state index contributed by atoms with van der Waals surface area (Å²) >= 11 is 6.07. The Hall–Kier alpha value is -1.43. The summed E-state index contributed by atoms with van der Waals surface area (Å²) in [6, 6.07) is 3.62. The molecule has 23 heavy (non-hydrogen) atoms. The minimum Gasteiger partial charge on any atom is -0.343 e. The number of hydrogen-bond acceptors (Lipinski definition) is 4. The van der Waals surface area contributed by atoms with Gasteiger partial charge in [-0.1, -0.05) is 11.6 Å². The molecule has 1 aromatic rings. The Bertz CT molecular complexity index is 643. The molecule has 6 heteroatoms. The molecule has 124 valence electrons. The first kappa shape index (κ1) is 16.4. The van der Waals surface area contributed by atoms with Gasteiger partial charge in [0, 0.05) is 18.1 Å². The number of nitrogens with one attached hydrogen (secondary N) is 1. The van der Waals surface area contributed by atoms with E-state index in [0.29, 0.717) is 31.0 Å². The highest BCUT2D eigenvalue weighted by molar-refractivity contribution is 6.30. The van der Waals surface area contributed by atoms with Crippen LogP contribution in [0.15, 0.2) is 12.1 Å². The van der Waals surface area contributed by atoms with E-state index >= 15 is 0 Å². The van der Waals surface area contributed by atoms with Crippen molar-refractivity contribution in [2.75, 3.05) is 20.2 Å². The highest BCUT2D eigenvalue weighted by Gasteiger charge is 2.54. The van der Waals surface area contributed by atoms with E-state index in [4.69, 9.17) is 16.4 Å². The molecule has 2 fully saturated rings. The lowest BCUT2D eigenvalue weighted by Gasteiger charge is -2.36. The van der Waals surface area contributed by atoms with Crippen molar-refractivity contribution in [3.05, 3.63) is 33.8 Å². The van der Waals surface area contributed by atoms with Gasteiger partial charge in [-0.3, -0.25) is 9.59 Å². The summed E-state index contributed by atoms with van der Waals surface area (Å²) in [6.45, 7) is 5.06. The lowest BCUT2D eigenvalue weighted by molar-refractivity contribution is -0.157. The zero-order valence-electron chi connectivity index (χ0n) is 13.6. The SMILES string of the molecule is CON1CCC2(CC1)NC(=O)C(c1c(C)cc(Cl)cc1C)C2=O. The smallest absolute Gasteiger partial charge is 0.235 e. The molecule has 0 bridgehead atoms. The van der Waals surface area contributed by atoms with Gasteiger partial charge in [0.25, 0.3) is 0 Å². The average molecular weight is 337 g/mol. The van der Waals surface area contributed by atoms with Crippen molar-refractivity contribution >= 4 is 23.3 Å². The summed E-state index contributed by atoms with van der Waals surface area (Å²) in [5.74, 6) is -0.956. The summed E-state index contributed by atoms with van der Waals surface area (Å²) in [4.78, 5) is 30.9. The standard InChI is InChI=1S/C17H21ClN2O3/c1-10-8-12(18)9-11(2)13(10)14-15(21)17(19-16(14)22)4-6-20(23-3)7-5-17/h8-9,14H,4-7H2,1-3H3,(H,19,22). The first-order valence-corrected chi connectivity index (χ1v) is 8.18. The molecule has 1 amide bonds. The Morgan fingerprint density at radius 3 is 2.30 bits per heavy atom. The number of amides is 1. The second-order valence-electron chi connectivity index (χ2n) is 6.43. The van der Waals surface area contributed by atoms with Gasteiger partial charge in [-0.25, -0.2) is 0 Å². The van der Waals surface area contributed by atoms with Crippen LogP contribution in [0.5, 0.6) is 0 Å². The summed E-state index contributed by atoms with van der Waals surface area (Å²) in [7, 11) is 1.62. The molecule has 1 spiro atoms. The van der Waals surface area contributed by atoms with Crippen molar-refractivity contribution < 1.29 is 14.4 Å². The Morgan fingerprint density at radius 1 is 1.22 bits per heavy atom. The number of hydroxylamine groups is 2. The van der Waals surface area contributed by atoms with E-state index in [1.807, 2.05) is 31.0 Å². The molecule has 2 saturated heterocycles. The van der Waals surface area contributed by atoms with Crippen molar-refractivity contribution in [1.82, 2.24) is 10.4 Å². The number of nitrogens with zero attached hydrogens (tertiary/aromatic N) is 1. The van der Waals surface area contributed by atoms with Crippen LogP contribution in [-0.4, -0.2) is 42.5 Å². The van der Waals surface area contributed by atoms with Gasteiger partial charge in [-0.05, 0) is 55.5 Å². The van der Waals surface area contributed by atoms with Crippen molar-refractivity contribution in [2.24, 2.45) is 0 Å². The molecule has 0 aromatic heterocycles.